The van der Waals surface area contributed by atoms with E-state index in [0.717, 1.165) is 5.56 Å². The Morgan fingerprint density at radius 2 is 2.42 bits per heavy atom. The molecule has 0 saturated carbocycles. The van der Waals surface area contributed by atoms with Crippen LogP contribution in [0.1, 0.15) is 23.5 Å². The zero-order valence-corrected chi connectivity index (χ0v) is 6.76. The zero-order valence-electron chi connectivity index (χ0n) is 6.76. The Morgan fingerprint density at radius 1 is 1.50 bits per heavy atom. The highest BCUT2D eigenvalue weighted by molar-refractivity contribution is 5.61. The van der Waals surface area contributed by atoms with Crippen LogP contribution in [0.15, 0.2) is 24.3 Å². The van der Waals surface area contributed by atoms with Gasteiger partial charge >= 0.3 is 0 Å². The molecule has 12 heavy (non-hydrogen) atoms. The fraction of sp³-hybridized carbons (Fsp3) is 0.273. The molecule has 1 aliphatic carbocycles. The minimum absolute atomic E-state index is 0.253. The molecule has 1 aromatic carbocycles. The van der Waals surface area contributed by atoms with Gasteiger partial charge in [-0.3, -0.25) is 4.39 Å². The maximum Gasteiger partial charge on any atom is 0.0903 e. The molecule has 1 radical (unpaired) electrons. The van der Waals surface area contributed by atoms with Crippen LogP contribution in [0.2, 0.25) is 0 Å². The summed E-state index contributed by atoms with van der Waals surface area (Å²) in [7, 11) is 0. The van der Waals surface area contributed by atoms with Crippen molar-refractivity contribution in [2.24, 2.45) is 0 Å². The maximum absolute atomic E-state index is 12.1. The van der Waals surface area contributed by atoms with Crippen molar-refractivity contribution in [1.82, 2.24) is 0 Å². The molecule has 1 heteroatoms. The SMILES string of the molecule is FCCC1C=Cc2ccc[c]c21. The van der Waals surface area contributed by atoms with Gasteiger partial charge in [0.05, 0.1) is 6.67 Å². The van der Waals surface area contributed by atoms with Crippen LogP contribution in [-0.2, 0) is 0 Å². The Bertz CT molecular complexity index is 302. The van der Waals surface area contributed by atoms with E-state index < -0.39 is 0 Å². The topological polar surface area (TPSA) is 0 Å². The Balaban J connectivity index is 2.30. The summed E-state index contributed by atoms with van der Waals surface area (Å²) in [6.45, 7) is -0.253. The number of benzene rings is 1. The van der Waals surface area contributed by atoms with E-state index >= 15 is 0 Å². The fourth-order valence-corrected chi connectivity index (χ4v) is 1.60. The van der Waals surface area contributed by atoms with E-state index in [9.17, 15) is 4.39 Å². The molecule has 1 aromatic rings. The lowest BCUT2D eigenvalue weighted by Crippen LogP contribution is -1.93. The van der Waals surface area contributed by atoms with Crippen LogP contribution < -0.4 is 0 Å². The summed E-state index contributed by atoms with van der Waals surface area (Å²) < 4.78 is 12.1. The predicted molar refractivity (Wildman–Crippen MR) is 47.6 cm³/mol. The highest BCUT2D eigenvalue weighted by atomic mass is 19.1. The lowest BCUT2D eigenvalue weighted by Gasteiger charge is -2.06. The molecule has 0 heterocycles. The van der Waals surface area contributed by atoms with Gasteiger partial charge in [-0.15, -0.1) is 0 Å². The summed E-state index contributed by atoms with van der Waals surface area (Å²) >= 11 is 0. The van der Waals surface area contributed by atoms with Gasteiger partial charge < -0.3 is 0 Å². The average molecular weight is 161 g/mol. The quantitative estimate of drug-likeness (QED) is 0.625. The summed E-state index contributed by atoms with van der Waals surface area (Å²) in [6, 6.07) is 9.04. The largest absolute Gasteiger partial charge is 0.251 e. The van der Waals surface area contributed by atoms with Gasteiger partial charge in [0.2, 0.25) is 0 Å². The van der Waals surface area contributed by atoms with Crippen LogP contribution in [0.5, 0.6) is 0 Å². The summed E-state index contributed by atoms with van der Waals surface area (Å²) in [5, 5.41) is 0. The molecule has 0 spiro atoms. The first kappa shape index (κ1) is 7.53. The number of hydrogen-bond donors (Lipinski definition) is 0. The van der Waals surface area contributed by atoms with E-state index in [1.54, 1.807) is 0 Å². The number of hydrogen-bond acceptors (Lipinski definition) is 0. The number of fused-ring (bicyclic) bond motifs is 1. The van der Waals surface area contributed by atoms with Crippen LogP contribution in [-0.4, -0.2) is 6.67 Å². The smallest absolute Gasteiger partial charge is 0.0903 e. The molecule has 61 valence electrons. The van der Waals surface area contributed by atoms with Crippen LogP contribution in [0, 0.1) is 6.07 Å². The van der Waals surface area contributed by atoms with E-state index in [1.807, 2.05) is 24.3 Å². The maximum atomic E-state index is 12.1. The zero-order chi connectivity index (χ0) is 8.39. The van der Waals surface area contributed by atoms with Crippen molar-refractivity contribution in [1.29, 1.82) is 0 Å². The molecular weight excluding hydrogens is 151 g/mol. The Kier molecular flexibility index (Phi) is 1.94. The van der Waals surface area contributed by atoms with Gasteiger partial charge in [0.25, 0.3) is 0 Å². The van der Waals surface area contributed by atoms with Crippen molar-refractivity contribution in [3.8, 4) is 0 Å². The molecular formula is C11H10F. The minimum Gasteiger partial charge on any atom is -0.251 e. The van der Waals surface area contributed by atoms with Gasteiger partial charge in [0.1, 0.15) is 0 Å². The highest BCUT2D eigenvalue weighted by Gasteiger charge is 2.15. The molecule has 0 N–H and O–H groups in total. The van der Waals surface area contributed by atoms with Gasteiger partial charge in [-0.25, -0.2) is 0 Å². The second-order valence-corrected chi connectivity index (χ2v) is 2.98. The van der Waals surface area contributed by atoms with Gasteiger partial charge in [-0.1, -0.05) is 30.4 Å². The van der Waals surface area contributed by atoms with Crippen molar-refractivity contribution in [3.05, 3.63) is 41.5 Å². The molecule has 0 aliphatic heterocycles. The Labute approximate surface area is 71.7 Å². The van der Waals surface area contributed by atoms with E-state index in [4.69, 9.17) is 0 Å². The Hall–Kier alpha value is -1.11. The first-order chi connectivity index (χ1) is 5.92. The molecule has 0 fully saturated rings. The lowest BCUT2D eigenvalue weighted by molar-refractivity contribution is 0.460. The fourth-order valence-electron chi connectivity index (χ4n) is 1.60. The lowest BCUT2D eigenvalue weighted by atomic mass is 9.98. The number of halogens is 1. The van der Waals surface area contributed by atoms with Crippen molar-refractivity contribution in [2.75, 3.05) is 6.67 Å². The molecule has 0 saturated heterocycles. The first-order valence-corrected chi connectivity index (χ1v) is 4.16. The summed E-state index contributed by atoms with van der Waals surface area (Å²) in [5.74, 6) is 0.256. The van der Waals surface area contributed by atoms with Crippen molar-refractivity contribution < 1.29 is 4.39 Å². The molecule has 0 bridgehead atoms. The predicted octanol–water partition coefficient (Wildman–Crippen LogP) is 2.96. The third kappa shape index (κ3) is 1.15. The Morgan fingerprint density at radius 3 is 3.25 bits per heavy atom. The van der Waals surface area contributed by atoms with Crippen LogP contribution in [0.4, 0.5) is 4.39 Å². The molecule has 1 aliphatic rings. The van der Waals surface area contributed by atoms with E-state index in [-0.39, 0.29) is 12.6 Å². The van der Waals surface area contributed by atoms with Gasteiger partial charge in [-0.05, 0) is 23.6 Å². The third-order valence-electron chi connectivity index (χ3n) is 2.22. The molecule has 1 unspecified atom stereocenters. The summed E-state index contributed by atoms with van der Waals surface area (Å²) in [5.41, 5.74) is 2.34. The van der Waals surface area contributed by atoms with Gasteiger partial charge in [0.15, 0.2) is 0 Å². The highest BCUT2D eigenvalue weighted by Crippen LogP contribution is 2.31. The van der Waals surface area contributed by atoms with Crippen molar-refractivity contribution in [2.45, 2.75) is 12.3 Å². The molecule has 0 amide bonds. The van der Waals surface area contributed by atoms with Crippen LogP contribution >= 0.6 is 0 Å². The number of rotatable bonds is 2. The van der Waals surface area contributed by atoms with Gasteiger partial charge in [0, 0.05) is 5.92 Å². The normalized spacial score (nSPS) is 19.6. The monoisotopic (exact) mass is 161 g/mol. The van der Waals surface area contributed by atoms with Gasteiger partial charge in [-0.2, -0.15) is 0 Å². The third-order valence-corrected chi connectivity index (χ3v) is 2.22. The first-order valence-electron chi connectivity index (χ1n) is 4.16. The minimum atomic E-state index is -0.253. The van der Waals surface area contributed by atoms with Crippen molar-refractivity contribution >= 4 is 6.08 Å². The van der Waals surface area contributed by atoms with E-state index in [1.165, 1.54) is 5.56 Å². The molecule has 1 atom stereocenters. The van der Waals surface area contributed by atoms with Crippen LogP contribution in [0.3, 0.4) is 0 Å². The summed E-state index contributed by atoms with van der Waals surface area (Å²) in [4.78, 5) is 0. The summed E-state index contributed by atoms with van der Waals surface area (Å²) in [6.07, 6.45) is 4.69. The molecule has 2 rings (SSSR count). The number of alkyl halides is 1. The standard InChI is InChI=1S/C11H10F/c12-8-7-10-6-5-9-3-1-2-4-11(9)10/h1-3,5-6,10H,7-8H2. The molecule has 0 nitrogen and oxygen atoms in total. The van der Waals surface area contributed by atoms with Crippen LogP contribution in [0.25, 0.3) is 6.08 Å². The van der Waals surface area contributed by atoms with E-state index in [0.29, 0.717) is 6.42 Å². The second-order valence-electron chi connectivity index (χ2n) is 2.98. The van der Waals surface area contributed by atoms with Crippen molar-refractivity contribution in [3.63, 3.8) is 0 Å². The van der Waals surface area contributed by atoms with E-state index in [2.05, 4.69) is 12.1 Å². The molecule has 0 aromatic heterocycles. The average Bonchev–Trinajstić information content (AvgIpc) is 2.50. The second kappa shape index (κ2) is 3.10. The number of allylic oxidation sites excluding steroid dienone is 1.